The third-order valence-corrected chi connectivity index (χ3v) is 2.75. The number of rotatable bonds is 4. The molecule has 0 aliphatic heterocycles. The van der Waals surface area contributed by atoms with Crippen molar-refractivity contribution in [2.75, 3.05) is 0 Å². The normalized spacial score (nSPS) is 11.4. The number of nitrogens with zero attached hydrogens (tertiary/aromatic N) is 1. The summed E-state index contributed by atoms with van der Waals surface area (Å²) in [4.78, 5) is 3.45. The molecule has 2 rings (SSSR count). The maximum Gasteiger partial charge on any atom is 0.511 e. The van der Waals surface area contributed by atoms with Gasteiger partial charge in [-0.3, -0.25) is 4.98 Å². The highest BCUT2D eigenvalue weighted by atomic mass is 35.5. The fourth-order valence-electron chi connectivity index (χ4n) is 1.51. The predicted molar refractivity (Wildman–Crippen MR) is 68.7 cm³/mol. The number of halogens is 5. The molecule has 2 nitrogen and oxygen atoms in total. The molecule has 1 aromatic carbocycles. The van der Waals surface area contributed by atoms with Gasteiger partial charge in [0.2, 0.25) is 0 Å². The van der Waals surface area contributed by atoms with Gasteiger partial charge in [0.25, 0.3) is 0 Å². The molecule has 0 spiro atoms. The minimum atomic E-state index is -5.15. The smallest absolute Gasteiger partial charge is 0.487 e. The number of aromatic nitrogens is 1. The molecular formula is C12H8BClF4NO-. The van der Waals surface area contributed by atoms with Crippen molar-refractivity contribution in [3.63, 3.8) is 0 Å². The van der Waals surface area contributed by atoms with Crippen molar-refractivity contribution in [2.45, 2.75) is 6.61 Å². The van der Waals surface area contributed by atoms with E-state index in [2.05, 4.69) is 4.98 Å². The van der Waals surface area contributed by atoms with Crippen LogP contribution in [0.5, 0.6) is 5.75 Å². The minimum Gasteiger partial charge on any atom is -0.487 e. The molecule has 0 saturated carbocycles. The molecule has 0 aliphatic carbocycles. The van der Waals surface area contributed by atoms with Gasteiger partial charge in [-0.05, 0) is 24.3 Å². The van der Waals surface area contributed by atoms with E-state index in [1.54, 1.807) is 0 Å². The summed E-state index contributed by atoms with van der Waals surface area (Å²) in [6, 6.07) is 4.71. The van der Waals surface area contributed by atoms with E-state index in [1.807, 2.05) is 0 Å². The highest BCUT2D eigenvalue weighted by Crippen LogP contribution is 2.18. The van der Waals surface area contributed by atoms with Crippen molar-refractivity contribution in [2.24, 2.45) is 0 Å². The molecule has 0 fully saturated rings. The molecule has 0 bridgehead atoms. The Hall–Kier alpha value is -1.76. The molecule has 0 N–H and O–H groups in total. The van der Waals surface area contributed by atoms with Gasteiger partial charge in [0.15, 0.2) is 0 Å². The van der Waals surface area contributed by atoms with Gasteiger partial charge < -0.3 is 17.7 Å². The van der Waals surface area contributed by atoms with Crippen LogP contribution in [0.15, 0.2) is 36.7 Å². The monoisotopic (exact) mass is 304 g/mol. The molecule has 20 heavy (non-hydrogen) atoms. The summed E-state index contributed by atoms with van der Waals surface area (Å²) in [5.74, 6) is -0.625. The van der Waals surface area contributed by atoms with Gasteiger partial charge in [0.1, 0.15) is 18.2 Å². The average molecular weight is 304 g/mol. The molecule has 1 heterocycles. The van der Waals surface area contributed by atoms with E-state index in [0.717, 1.165) is 18.3 Å². The van der Waals surface area contributed by atoms with Crippen molar-refractivity contribution in [1.82, 2.24) is 4.98 Å². The quantitative estimate of drug-likeness (QED) is 0.637. The predicted octanol–water partition coefficient (Wildman–Crippen LogP) is 3.51. The first-order valence-corrected chi connectivity index (χ1v) is 5.95. The summed E-state index contributed by atoms with van der Waals surface area (Å²) >= 11 is 5.70. The van der Waals surface area contributed by atoms with E-state index >= 15 is 0 Å². The van der Waals surface area contributed by atoms with Crippen molar-refractivity contribution in [1.29, 1.82) is 0 Å². The molecule has 2 aromatic rings. The standard InChI is InChI=1S/C12H8BClF4NO/c14-10-1-2-12(15)8(3-10)7-20-11-4-9(5-19-6-11)13(16,17)18/h1-6H,7H2/q-1. The maximum atomic E-state index is 13.4. The Morgan fingerprint density at radius 2 is 1.90 bits per heavy atom. The van der Waals surface area contributed by atoms with Crippen LogP contribution in [-0.2, 0) is 6.61 Å². The first kappa shape index (κ1) is 14.6. The lowest BCUT2D eigenvalue weighted by Crippen LogP contribution is -2.34. The second-order valence-corrected chi connectivity index (χ2v) is 4.49. The zero-order chi connectivity index (χ0) is 14.8. The van der Waals surface area contributed by atoms with E-state index in [0.29, 0.717) is 11.2 Å². The lowest BCUT2D eigenvalue weighted by Gasteiger charge is -2.15. The number of hydrogen-bond donors (Lipinski definition) is 0. The fourth-order valence-corrected chi connectivity index (χ4v) is 1.70. The van der Waals surface area contributed by atoms with Gasteiger partial charge in [-0.2, -0.15) is 0 Å². The van der Waals surface area contributed by atoms with Crippen molar-refractivity contribution in [3.8, 4) is 5.75 Å². The molecule has 0 unspecified atom stereocenters. The summed E-state index contributed by atoms with van der Waals surface area (Å²) in [5.41, 5.74) is -0.713. The van der Waals surface area contributed by atoms with Crippen molar-refractivity contribution in [3.05, 3.63) is 53.1 Å². The molecule has 106 valence electrons. The van der Waals surface area contributed by atoms with E-state index in [-0.39, 0.29) is 17.9 Å². The van der Waals surface area contributed by atoms with Crippen LogP contribution < -0.4 is 10.2 Å². The van der Waals surface area contributed by atoms with Crippen LogP contribution in [0.3, 0.4) is 0 Å². The Balaban J connectivity index is 2.13. The number of hydrogen-bond acceptors (Lipinski definition) is 2. The first-order valence-electron chi connectivity index (χ1n) is 5.58. The van der Waals surface area contributed by atoms with E-state index < -0.39 is 18.3 Å². The van der Waals surface area contributed by atoms with Crippen molar-refractivity contribution < 1.29 is 22.1 Å². The Kier molecular flexibility index (Phi) is 4.18. The average Bonchev–Trinajstić information content (AvgIpc) is 2.39. The second kappa shape index (κ2) is 5.70. The largest absolute Gasteiger partial charge is 0.511 e. The third kappa shape index (κ3) is 3.63. The Labute approximate surface area is 117 Å². The Morgan fingerprint density at radius 3 is 2.60 bits per heavy atom. The fraction of sp³-hybridized carbons (Fsp3) is 0.0833. The molecule has 0 aliphatic rings. The topological polar surface area (TPSA) is 22.1 Å². The van der Waals surface area contributed by atoms with Gasteiger partial charge in [-0.25, -0.2) is 4.39 Å². The number of benzene rings is 1. The summed E-state index contributed by atoms with van der Waals surface area (Å²) in [6.45, 7) is -5.38. The summed E-state index contributed by atoms with van der Waals surface area (Å²) < 4.78 is 56.1. The van der Waals surface area contributed by atoms with Crippen LogP contribution in [0.25, 0.3) is 0 Å². The number of ether oxygens (including phenoxy) is 1. The van der Waals surface area contributed by atoms with Crippen LogP contribution in [0, 0.1) is 5.82 Å². The van der Waals surface area contributed by atoms with E-state index in [1.165, 1.54) is 12.1 Å². The lowest BCUT2D eigenvalue weighted by molar-refractivity contribution is 0.298. The van der Waals surface area contributed by atoms with Crippen molar-refractivity contribution >= 4 is 24.0 Å². The van der Waals surface area contributed by atoms with Crippen LogP contribution >= 0.6 is 11.6 Å². The van der Waals surface area contributed by atoms with Gasteiger partial charge in [0.05, 0.1) is 6.20 Å². The summed E-state index contributed by atoms with van der Waals surface area (Å²) in [7, 11) is 0. The van der Waals surface area contributed by atoms with Crippen LogP contribution in [0.4, 0.5) is 17.3 Å². The molecule has 8 heteroatoms. The molecular weight excluding hydrogens is 296 g/mol. The zero-order valence-electron chi connectivity index (χ0n) is 9.99. The minimum absolute atomic E-state index is 0.0823. The molecule has 0 saturated heterocycles. The SMILES string of the molecule is Fc1ccc(Cl)cc1COc1cncc([B-](F)(F)F)c1. The van der Waals surface area contributed by atoms with Crippen LogP contribution in [0.2, 0.25) is 5.02 Å². The van der Waals surface area contributed by atoms with Gasteiger partial charge in [-0.1, -0.05) is 17.1 Å². The summed E-state index contributed by atoms with van der Waals surface area (Å²) in [6.07, 6.45) is 1.85. The highest BCUT2D eigenvalue weighted by Gasteiger charge is 2.26. The maximum absolute atomic E-state index is 13.4. The van der Waals surface area contributed by atoms with Crippen LogP contribution in [-0.4, -0.2) is 12.0 Å². The van der Waals surface area contributed by atoms with Crippen LogP contribution in [0.1, 0.15) is 5.56 Å². The third-order valence-electron chi connectivity index (χ3n) is 2.51. The zero-order valence-corrected chi connectivity index (χ0v) is 10.7. The van der Waals surface area contributed by atoms with Gasteiger partial charge >= 0.3 is 6.98 Å². The molecule has 1 aromatic heterocycles. The van der Waals surface area contributed by atoms with Gasteiger partial charge in [0, 0.05) is 16.8 Å². The molecule has 0 amide bonds. The Morgan fingerprint density at radius 1 is 1.15 bits per heavy atom. The molecule has 0 atom stereocenters. The van der Waals surface area contributed by atoms with Gasteiger partial charge in [-0.15, -0.1) is 0 Å². The molecule has 0 radical (unpaired) electrons. The summed E-state index contributed by atoms with van der Waals surface area (Å²) in [5, 5.41) is 0.315. The van der Waals surface area contributed by atoms with E-state index in [4.69, 9.17) is 16.3 Å². The first-order chi connectivity index (χ1) is 9.36. The van der Waals surface area contributed by atoms with E-state index in [9.17, 15) is 17.3 Å². The number of pyridine rings is 1. The Bertz CT molecular complexity index is 621. The second-order valence-electron chi connectivity index (χ2n) is 4.05. The highest BCUT2D eigenvalue weighted by molar-refractivity contribution is 6.73. The lowest BCUT2D eigenvalue weighted by atomic mass is 9.81.